The van der Waals surface area contributed by atoms with Gasteiger partial charge in [0.2, 0.25) is 0 Å². The predicted molar refractivity (Wildman–Crippen MR) is 113 cm³/mol. The Morgan fingerprint density at radius 2 is 1.70 bits per heavy atom. The molecule has 1 heterocycles. The molecule has 5 heteroatoms. The molecule has 1 spiro atoms. The van der Waals surface area contributed by atoms with E-state index in [1.807, 2.05) is 0 Å². The quantitative estimate of drug-likeness (QED) is 0.352. The Morgan fingerprint density at radius 1 is 1.07 bits per heavy atom. The Kier molecular flexibility index (Phi) is 8.81. The van der Waals surface area contributed by atoms with Crippen molar-refractivity contribution in [2.24, 2.45) is 0 Å². The topological polar surface area (TPSA) is 47.9 Å². The molecule has 0 bridgehead atoms. The smallest absolute Gasteiger partial charge is 0.192 e. The van der Waals surface area contributed by atoms with E-state index < -0.39 is 8.32 Å². The molecule has 2 aliphatic rings. The molecule has 160 valence electrons. The molecule has 0 aromatic carbocycles. The maximum atomic E-state index is 10.2. The van der Waals surface area contributed by atoms with Crippen LogP contribution in [0.3, 0.4) is 0 Å². The fourth-order valence-corrected chi connectivity index (χ4v) is 4.86. The lowest BCUT2D eigenvalue weighted by atomic mass is 10.1. The zero-order valence-corrected chi connectivity index (χ0v) is 19.5. The minimum absolute atomic E-state index is 0.201. The van der Waals surface area contributed by atoms with Crippen LogP contribution in [0.4, 0.5) is 0 Å². The Bertz CT molecular complexity index is 427. The number of aliphatic hydroxyl groups excluding tert-OH is 1. The van der Waals surface area contributed by atoms with Crippen LogP contribution in [-0.4, -0.2) is 44.6 Å². The SMILES string of the molecule is CC(C)(C)[Si](C)(C)OCC(O)CCCCCCCC1COC2(CCCC2)O1. The molecule has 2 unspecified atom stereocenters. The molecule has 27 heavy (non-hydrogen) atoms. The van der Waals surface area contributed by atoms with E-state index in [-0.39, 0.29) is 16.9 Å². The third-order valence-electron chi connectivity index (χ3n) is 6.79. The molecule has 2 atom stereocenters. The number of unbranched alkanes of at least 4 members (excludes halogenated alkanes) is 4. The summed E-state index contributed by atoms with van der Waals surface area (Å²) in [6.45, 7) is 12.5. The van der Waals surface area contributed by atoms with Crippen LogP contribution < -0.4 is 0 Å². The highest BCUT2D eigenvalue weighted by Crippen LogP contribution is 2.40. The van der Waals surface area contributed by atoms with Gasteiger partial charge in [-0.25, -0.2) is 0 Å². The van der Waals surface area contributed by atoms with Crippen LogP contribution in [0.25, 0.3) is 0 Å². The van der Waals surface area contributed by atoms with Crippen molar-refractivity contribution in [1.29, 1.82) is 0 Å². The van der Waals surface area contributed by atoms with Crippen molar-refractivity contribution in [3.05, 3.63) is 0 Å². The standard InChI is InChI=1S/C22H44O4Si/c1-21(2,3)27(4,5)25-17-19(23)13-9-7-6-8-10-14-20-18-24-22(26-20)15-11-12-16-22/h19-20,23H,6-18H2,1-5H3. The second-order valence-electron chi connectivity index (χ2n) is 10.2. The third-order valence-corrected chi connectivity index (χ3v) is 11.3. The van der Waals surface area contributed by atoms with Gasteiger partial charge in [0.15, 0.2) is 14.1 Å². The Hall–Kier alpha value is 0.0569. The highest BCUT2D eigenvalue weighted by atomic mass is 28.4. The maximum Gasteiger partial charge on any atom is 0.192 e. The summed E-state index contributed by atoms with van der Waals surface area (Å²) >= 11 is 0. The van der Waals surface area contributed by atoms with Crippen molar-refractivity contribution in [2.45, 2.75) is 128 Å². The first kappa shape index (κ1) is 23.3. The zero-order valence-electron chi connectivity index (χ0n) is 18.5. The lowest BCUT2D eigenvalue weighted by molar-refractivity contribution is -0.162. The van der Waals surface area contributed by atoms with E-state index in [1.165, 1.54) is 38.5 Å². The first-order valence-corrected chi connectivity index (χ1v) is 14.2. The van der Waals surface area contributed by atoms with Gasteiger partial charge >= 0.3 is 0 Å². The summed E-state index contributed by atoms with van der Waals surface area (Å²) in [6.07, 6.45) is 12.7. The molecule has 0 aromatic heterocycles. The van der Waals surface area contributed by atoms with Crippen molar-refractivity contribution >= 4 is 8.32 Å². The molecule has 1 saturated heterocycles. The molecular formula is C22H44O4Si. The van der Waals surface area contributed by atoms with Gasteiger partial charge in [-0.2, -0.15) is 0 Å². The average Bonchev–Trinajstić information content (AvgIpc) is 3.21. The minimum Gasteiger partial charge on any atom is -0.414 e. The predicted octanol–water partition coefficient (Wildman–Crippen LogP) is 5.79. The molecule has 1 aliphatic heterocycles. The monoisotopic (exact) mass is 400 g/mol. The fourth-order valence-electron chi connectivity index (χ4n) is 3.82. The van der Waals surface area contributed by atoms with Crippen LogP contribution in [0, 0.1) is 0 Å². The summed E-state index contributed by atoms with van der Waals surface area (Å²) < 4.78 is 18.2. The molecule has 2 fully saturated rings. The molecule has 2 rings (SSSR count). The molecule has 0 radical (unpaired) electrons. The van der Waals surface area contributed by atoms with E-state index >= 15 is 0 Å². The summed E-state index contributed by atoms with van der Waals surface area (Å²) in [6, 6.07) is 0. The van der Waals surface area contributed by atoms with Crippen LogP contribution in [0.5, 0.6) is 0 Å². The van der Waals surface area contributed by atoms with Gasteiger partial charge in [-0.05, 0) is 43.8 Å². The first-order chi connectivity index (χ1) is 12.6. The van der Waals surface area contributed by atoms with Gasteiger partial charge in [0.1, 0.15) is 0 Å². The van der Waals surface area contributed by atoms with E-state index in [0.717, 1.165) is 38.7 Å². The minimum atomic E-state index is -1.74. The Labute approximate surface area is 168 Å². The second-order valence-corrected chi connectivity index (χ2v) is 15.0. The largest absolute Gasteiger partial charge is 0.414 e. The average molecular weight is 401 g/mol. The zero-order chi connectivity index (χ0) is 20.0. The highest BCUT2D eigenvalue weighted by molar-refractivity contribution is 6.74. The van der Waals surface area contributed by atoms with Crippen LogP contribution >= 0.6 is 0 Å². The van der Waals surface area contributed by atoms with E-state index in [4.69, 9.17) is 13.9 Å². The lowest BCUT2D eigenvalue weighted by Crippen LogP contribution is -2.42. The van der Waals surface area contributed by atoms with Gasteiger partial charge in [-0.3, -0.25) is 0 Å². The van der Waals surface area contributed by atoms with Gasteiger partial charge < -0.3 is 19.0 Å². The normalized spacial score (nSPS) is 24.0. The van der Waals surface area contributed by atoms with E-state index in [2.05, 4.69) is 33.9 Å². The van der Waals surface area contributed by atoms with Gasteiger partial charge in [-0.15, -0.1) is 0 Å². The third kappa shape index (κ3) is 7.43. The van der Waals surface area contributed by atoms with Gasteiger partial charge in [-0.1, -0.05) is 52.9 Å². The maximum absolute atomic E-state index is 10.2. The first-order valence-electron chi connectivity index (χ1n) is 11.3. The summed E-state index contributed by atoms with van der Waals surface area (Å²) in [5, 5.41) is 10.4. The van der Waals surface area contributed by atoms with Crippen LogP contribution in [-0.2, 0) is 13.9 Å². The summed E-state index contributed by atoms with van der Waals surface area (Å²) in [4.78, 5) is 0. The van der Waals surface area contributed by atoms with Crippen molar-refractivity contribution in [3.8, 4) is 0 Å². The Balaban J connectivity index is 1.44. The van der Waals surface area contributed by atoms with Crippen LogP contribution in [0.2, 0.25) is 18.1 Å². The Morgan fingerprint density at radius 3 is 2.37 bits per heavy atom. The molecular weight excluding hydrogens is 356 g/mol. The number of aliphatic hydroxyl groups is 1. The molecule has 1 N–H and O–H groups in total. The molecule has 1 aliphatic carbocycles. The van der Waals surface area contributed by atoms with E-state index in [9.17, 15) is 5.11 Å². The number of rotatable bonds is 11. The van der Waals surface area contributed by atoms with E-state index in [0.29, 0.717) is 12.7 Å². The van der Waals surface area contributed by atoms with Crippen LogP contribution in [0.15, 0.2) is 0 Å². The molecule has 1 saturated carbocycles. The number of ether oxygens (including phenoxy) is 2. The summed E-state index contributed by atoms with van der Waals surface area (Å²) in [5.41, 5.74) is 0. The van der Waals surface area contributed by atoms with Gasteiger partial charge in [0.25, 0.3) is 0 Å². The van der Waals surface area contributed by atoms with Gasteiger partial charge in [0, 0.05) is 12.8 Å². The fraction of sp³-hybridized carbons (Fsp3) is 1.00. The van der Waals surface area contributed by atoms with Crippen molar-refractivity contribution in [1.82, 2.24) is 0 Å². The summed E-state index contributed by atoms with van der Waals surface area (Å²) in [7, 11) is -1.74. The van der Waals surface area contributed by atoms with Crippen LogP contribution in [0.1, 0.15) is 91.4 Å². The van der Waals surface area contributed by atoms with E-state index in [1.54, 1.807) is 0 Å². The lowest BCUT2D eigenvalue weighted by Gasteiger charge is -2.36. The van der Waals surface area contributed by atoms with Gasteiger partial charge in [0.05, 0.1) is 25.4 Å². The molecule has 4 nitrogen and oxygen atoms in total. The van der Waals surface area contributed by atoms with Crippen molar-refractivity contribution in [2.75, 3.05) is 13.2 Å². The highest BCUT2D eigenvalue weighted by Gasteiger charge is 2.43. The summed E-state index contributed by atoms with van der Waals surface area (Å²) in [5.74, 6) is -0.201. The number of hydrogen-bond acceptors (Lipinski definition) is 4. The van der Waals surface area contributed by atoms with Crippen molar-refractivity contribution in [3.63, 3.8) is 0 Å². The second kappa shape index (κ2) is 10.2. The van der Waals surface area contributed by atoms with Crippen molar-refractivity contribution < 1.29 is 19.0 Å². The molecule has 0 aromatic rings. The number of hydrogen-bond donors (Lipinski definition) is 1. The molecule has 0 amide bonds.